The Morgan fingerprint density at radius 2 is 1.94 bits per heavy atom. The highest BCUT2D eigenvalue weighted by Gasteiger charge is 2.50. The molecule has 1 unspecified atom stereocenters. The number of halogens is 1. The Morgan fingerprint density at radius 1 is 1.28 bits per heavy atom. The zero-order chi connectivity index (χ0) is 24.1. The summed E-state index contributed by atoms with van der Waals surface area (Å²) in [6, 6.07) is 0. The van der Waals surface area contributed by atoms with Gasteiger partial charge in [-0.2, -0.15) is 0 Å². The lowest BCUT2D eigenvalue weighted by Gasteiger charge is -2.42. The van der Waals surface area contributed by atoms with Crippen LogP contribution in [-0.4, -0.2) is 33.3 Å². The van der Waals surface area contributed by atoms with Crippen molar-refractivity contribution in [2.75, 3.05) is 0 Å². The van der Waals surface area contributed by atoms with Crippen molar-refractivity contribution >= 4 is 45.8 Å². The first kappa shape index (κ1) is 25.1. The monoisotopic (exact) mass is 479 g/mol. The number of hydrogen-bond donors (Lipinski definition) is 0. The summed E-state index contributed by atoms with van der Waals surface area (Å²) in [5, 5.41) is 1.07. The molecule has 2 heterocycles. The third-order valence-corrected chi connectivity index (χ3v) is 7.41. The van der Waals surface area contributed by atoms with Crippen molar-refractivity contribution < 1.29 is 19.1 Å². The van der Waals surface area contributed by atoms with Gasteiger partial charge in [-0.25, -0.2) is 4.98 Å². The topological polar surface area (TPSA) is 65.5 Å². The predicted octanol–water partition coefficient (Wildman–Crippen LogP) is 6.34. The molecule has 7 heteroatoms. The van der Waals surface area contributed by atoms with E-state index in [4.69, 9.17) is 26.1 Å². The fraction of sp³-hybridized carbons (Fsp3) is 0.640. The molecule has 0 saturated heterocycles. The molecule has 0 aromatic carbocycles. The maximum atomic E-state index is 13.6. The van der Waals surface area contributed by atoms with Gasteiger partial charge in [0.15, 0.2) is 11.5 Å². The molecule has 5 nitrogen and oxygen atoms in total. The maximum absolute atomic E-state index is 13.6. The van der Waals surface area contributed by atoms with E-state index in [1.165, 1.54) is 5.57 Å². The fourth-order valence-corrected chi connectivity index (χ4v) is 5.26. The minimum atomic E-state index is -1.07. The highest BCUT2D eigenvalue weighted by Crippen LogP contribution is 2.45. The van der Waals surface area contributed by atoms with E-state index in [9.17, 15) is 9.59 Å². The number of alkyl halides is 1. The first-order valence-corrected chi connectivity index (χ1v) is 12.5. The van der Waals surface area contributed by atoms with Crippen LogP contribution in [-0.2, 0) is 25.5 Å². The summed E-state index contributed by atoms with van der Waals surface area (Å²) in [7, 11) is 0. The number of Topliss-reactive ketones (excluding diaryl/α,β-unsaturated/α-hetero) is 1. The van der Waals surface area contributed by atoms with Crippen LogP contribution in [0.15, 0.2) is 11.8 Å². The molecule has 2 aliphatic rings. The minimum absolute atomic E-state index is 0.161. The third-order valence-electron chi connectivity index (χ3n) is 5.74. The van der Waals surface area contributed by atoms with Crippen molar-refractivity contribution in [2.45, 2.75) is 97.7 Å². The summed E-state index contributed by atoms with van der Waals surface area (Å²) >= 11 is 7.86. The van der Waals surface area contributed by atoms with Crippen LogP contribution in [0.25, 0.3) is 11.1 Å². The smallest absolute Gasteiger partial charge is 0.316 e. The molecule has 32 heavy (non-hydrogen) atoms. The van der Waals surface area contributed by atoms with E-state index in [0.29, 0.717) is 11.3 Å². The number of thiazole rings is 1. The van der Waals surface area contributed by atoms with Crippen LogP contribution in [0.3, 0.4) is 0 Å². The average molecular weight is 480 g/mol. The molecule has 1 aromatic heterocycles. The molecule has 0 saturated carbocycles. The van der Waals surface area contributed by atoms with Crippen LogP contribution in [0, 0.1) is 5.41 Å². The van der Waals surface area contributed by atoms with Crippen LogP contribution in [0.4, 0.5) is 0 Å². The van der Waals surface area contributed by atoms with Gasteiger partial charge in [-0.15, -0.1) is 22.9 Å². The molecule has 1 aliphatic heterocycles. The molecule has 176 valence electrons. The Morgan fingerprint density at radius 3 is 2.47 bits per heavy atom. The summed E-state index contributed by atoms with van der Waals surface area (Å²) in [6.45, 7) is 14.6. The second kappa shape index (κ2) is 8.69. The lowest BCUT2D eigenvalue weighted by Crippen LogP contribution is -2.50. The van der Waals surface area contributed by atoms with Crippen LogP contribution in [0.2, 0.25) is 0 Å². The number of allylic oxidation sites excluding steroid dienone is 2. The summed E-state index contributed by atoms with van der Waals surface area (Å²) in [4.78, 5) is 32.4. The molecule has 0 N–H and O–H groups in total. The van der Waals surface area contributed by atoms with Crippen LogP contribution in [0.5, 0.6) is 0 Å². The van der Waals surface area contributed by atoms with Gasteiger partial charge in [0.2, 0.25) is 0 Å². The fourth-order valence-electron chi connectivity index (χ4n) is 3.99. The number of ketones is 1. The van der Waals surface area contributed by atoms with E-state index in [1.807, 2.05) is 20.8 Å². The maximum Gasteiger partial charge on any atom is 0.316 e. The zero-order valence-corrected chi connectivity index (χ0v) is 21.9. The molecule has 0 radical (unpaired) electrons. The zero-order valence-electron chi connectivity index (χ0n) is 20.3. The molecular formula is C25H34ClNO4S. The Hall–Kier alpha value is -1.50. The molecule has 0 bridgehead atoms. The van der Waals surface area contributed by atoms with E-state index in [0.717, 1.165) is 35.6 Å². The van der Waals surface area contributed by atoms with E-state index < -0.39 is 22.6 Å². The van der Waals surface area contributed by atoms with Gasteiger partial charge in [0.25, 0.3) is 0 Å². The van der Waals surface area contributed by atoms with Crippen molar-refractivity contribution in [3.05, 3.63) is 27.4 Å². The lowest BCUT2D eigenvalue weighted by molar-refractivity contribution is -0.169. The molecule has 3 rings (SSSR count). The summed E-state index contributed by atoms with van der Waals surface area (Å²) in [6.07, 6.45) is 5.46. The van der Waals surface area contributed by atoms with Crippen molar-refractivity contribution in [3.8, 4) is 0 Å². The largest absolute Gasteiger partial charge is 0.427 e. The van der Waals surface area contributed by atoms with Crippen LogP contribution < -0.4 is 0 Å². The predicted molar refractivity (Wildman–Crippen MR) is 130 cm³/mol. The minimum Gasteiger partial charge on any atom is -0.427 e. The van der Waals surface area contributed by atoms with Crippen molar-refractivity contribution in [1.82, 2.24) is 4.98 Å². The lowest BCUT2D eigenvalue weighted by atomic mass is 9.84. The van der Waals surface area contributed by atoms with Gasteiger partial charge in [-0.1, -0.05) is 13.0 Å². The first-order valence-electron chi connectivity index (χ1n) is 11.2. The van der Waals surface area contributed by atoms with E-state index in [-0.39, 0.29) is 16.9 Å². The molecule has 1 aliphatic carbocycles. The van der Waals surface area contributed by atoms with E-state index in [1.54, 1.807) is 46.0 Å². The van der Waals surface area contributed by atoms with Crippen LogP contribution >= 0.6 is 22.9 Å². The van der Waals surface area contributed by atoms with E-state index in [2.05, 4.69) is 6.08 Å². The quantitative estimate of drug-likeness (QED) is 0.372. The van der Waals surface area contributed by atoms with Gasteiger partial charge >= 0.3 is 5.97 Å². The number of carbonyl (C=O) groups is 2. The molecule has 1 atom stereocenters. The number of esters is 1. The summed E-state index contributed by atoms with van der Waals surface area (Å²) in [5.41, 5.74) is -0.641. The number of ether oxygens (including phenoxy) is 2. The number of nitrogens with zero attached hydrogens (tertiary/aromatic N) is 1. The summed E-state index contributed by atoms with van der Waals surface area (Å²) < 4.78 is 12.0. The van der Waals surface area contributed by atoms with Gasteiger partial charge in [0.1, 0.15) is 16.2 Å². The van der Waals surface area contributed by atoms with Crippen molar-refractivity contribution in [1.29, 1.82) is 0 Å². The average Bonchev–Trinajstić information content (AvgIpc) is 3.09. The van der Waals surface area contributed by atoms with Gasteiger partial charge in [0, 0.05) is 10.3 Å². The van der Waals surface area contributed by atoms with Gasteiger partial charge in [-0.3, -0.25) is 9.59 Å². The third kappa shape index (κ3) is 4.87. The highest BCUT2D eigenvalue weighted by atomic mass is 35.5. The van der Waals surface area contributed by atoms with Gasteiger partial charge in [0.05, 0.1) is 16.7 Å². The second-order valence-electron chi connectivity index (χ2n) is 10.5. The van der Waals surface area contributed by atoms with E-state index >= 15 is 0 Å². The van der Waals surface area contributed by atoms with Crippen molar-refractivity contribution in [2.24, 2.45) is 5.41 Å². The second-order valence-corrected chi connectivity index (χ2v) is 12.2. The van der Waals surface area contributed by atoms with Crippen LogP contribution in [0.1, 0.15) is 90.2 Å². The Balaban J connectivity index is 2.21. The standard InChI is InChI=1S/C25H34ClNO4S/c1-9-16-18(27-21(32-16)14-10-12-15(26)13-11-14)17-19(28)24(5,6)31-25(7,8)20(17)30-22(29)23(2,3)4/h10,15H,9,11-13H2,1-8H3. The number of aryl methyl sites for hydroxylation is 1. The van der Waals surface area contributed by atoms with Gasteiger partial charge < -0.3 is 9.47 Å². The number of hydrogen-bond acceptors (Lipinski definition) is 6. The molecule has 0 amide bonds. The number of carbonyl (C=O) groups excluding carboxylic acids is 2. The SMILES string of the molecule is CCc1sc(C2=CCC(Cl)CC2)nc1C1=C(OC(=O)C(C)(C)C)C(C)(C)OC(C)(C)C1=O. The van der Waals surface area contributed by atoms with Crippen molar-refractivity contribution in [3.63, 3.8) is 0 Å². The van der Waals surface area contributed by atoms with Gasteiger partial charge in [-0.05, 0) is 79.7 Å². The molecule has 0 spiro atoms. The molecule has 0 fully saturated rings. The number of aromatic nitrogens is 1. The normalized spacial score (nSPS) is 23.2. The summed E-state index contributed by atoms with van der Waals surface area (Å²) in [5.74, 6) is -0.392. The highest BCUT2D eigenvalue weighted by molar-refractivity contribution is 7.13. The Labute approximate surface area is 200 Å². The Bertz CT molecular complexity index is 994. The number of rotatable bonds is 4. The molecular weight excluding hydrogens is 446 g/mol. The molecule has 1 aromatic rings. The Kier molecular flexibility index (Phi) is 6.83. The first-order chi connectivity index (χ1) is 14.7.